The van der Waals surface area contributed by atoms with Crippen molar-refractivity contribution in [2.24, 2.45) is 0 Å². The molecule has 0 N–H and O–H groups in total. The van der Waals surface area contributed by atoms with Gasteiger partial charge in [-0.2, -0.15) is 26.3 Å². The Hall–Kier alpha value is -5.64. The lowest BCUT2D eigenvalue weighted by Gasteiger charge is -2.34. The summed E-state index contributed by atoms with van der Waals surface area (Å²) < 4.78 is 252. The Morgan fingerprint density at radius 1 is 0.508 bits per heavy atom. The maximum atomic E-state index is 15.1. The average Bonchev–Trinajstić information content (AvgIpc) is 3.18. The van der Waals surface area contributed by atoms with Crippen molar-refractivity contribution in [3.8, 4) is 0 Å². The van der Waals surface area contributed by atoms with E-state index >= 15 is 17.6 Å². The third-order valence-corrected chi connectivity index (χ3v) is 8.58. The Morgan fingerprint density at radius 3 is 1.17 bits per heavy atom. The van der Waals surface area contributed by atoms with Gasteiger partial charge in [0.25, 0.3) is 11.2 Å². The van der Waals surface area contributed by atoms with E-state index in [0.717, 1.165) is 36.4 Å². The smallest absolute Gasteiger partial charge is 0.432 e. The molecule has 0 aliphatic rings. The van der Waals surface area contributed by atoms with E-state index in [2.05, 4.69) is 18.9 Å². The Bertz CT molecular complexity index is 2170. The molecule has 0 aliphatic heterocycles. The van der Waals surface area contributed by atoms with Gasteiger partial charge in [-0.15, -0.1) is 0 Å². The van der Waals surface area contributed by atoms with Gasteiger partial charge in [-0.05, 0) is 6.08 Å². The van der Waals surface area contributed by atoms with Crippen LogP contribution in [0.5, 0.6) is 0 Å². The molecule has 6 nitrogen and oxygen atoms in total. The number of hydrogen-bond donors (Lipinski definition) is 0. The number of alkyl halides is 6. The van der Waals surface area contributed by atoms with Crippen molar-refractivity contribution < 1.29 is 98.8 Å². The van der Waals surface area contributed by atoms with Crippen LogP contribution < -0.4 is 0 Å². The summed E-state index contributed by atoms with van der Waals surface area (Å²) in [6.45, 7) is 0. The van der Waals surface area contributed by atoms with E-state index in [4.69, 9.17) is 0 Å². The van der Waals surface area contributed by atoms with Crippen molar-refractivity contribution in [1.29, 1.82) is 0 Å². The SMILES string of the molecule is CO[C@](C(=O)O[C@H](/C=C/C[C@@H](OC(=O)[C@@](OC)(c1ccccc1)C(F)(F)F)c1c(F)c(F)c(F)c(F)c1F)c1c(F)c(F)c(F)c(F)c1F)(c1ccccc1)C(F)(F)F. The third kappa shape index (κ3) is 8.06. The molecule has 59 heavy (non-hydrogen) atoms. The number of halogens is 16. The Kier molecular flexibility index (Phi) is 13.5. The number of carbonyl (C=O) groups excluding carboxylic acids is 2. The van der Waals surface area contributed by atoms with Crippen molar-refractivity contribution >= 4 is 11.9 Å². The molecular formula is C37H22F16O6. The van der Waals surface area contributed by atoms with E-state index in [9.17, 15) is 62.3 Å². The standard InChI is InChI=1S/C37H22F16O6/c1-56-34(36(48,49)50,16-10-5-3-6-11-16)32(54)58-18(20-22(38)26(42)30(46)27(43)23(20)39)14-9-15-19(21-24(40)28(44)31(47)29(45)25(21)41)59-33(55)35(57-2,37(51,52)53)17-12-7-4-8-13-17/h3-14,18-19H,15H2,1-2H3/b14-9+/t18-,19-,34+,35+/m1/s1. The molecule has 0 aliphatic carbocycles. The minimum Gasteiger partial charge on any atom is -0.454 e. The van der Waals surface area contributed by atoms with Crippen LogP contribution in [0.15, 0.2) is 72.8 Å². The second kappa shape index (κ2) is 17.3. The van der Waals surface area contributed by atoms with Crippen LogP contribution >= 0.6 is 0 Å². The monoisotopic (exact) mass is 866 g/mol. The lowest BCUT2D eigenvalue weighted by molar-refractivity contribution is -0.279. The van der Waals surface area contributed by atoms with E-state index < -0.39 is 135 Å². The van der Waals surface area contributed by atoms with Crippen LogP contribution in [0.25, 0.3) is 0 Å². The Balaban J connectivity index is 1.95. The maximum Gasteiger partial charge on any atom is 0.432 e. The normalized spacial score (nSPS) is 15.4. The van der Waals surface area contributed by atoms with Gasteiger partial charge in [0.2, 0.25) is 11.6 Å². The van der Waals surface area contributed by atoms with Gasteiger partial charge in [-0.25, -0.2) is 53.5 Å². The Labute approximate surface area is 320 Å². The molecule has 0 fully saturated rings. The molecular weight excluding hydrogens is 844 g/mol. The maximum absolute atomic E-state index is 15.1. The summed E-state index contributed by atoms with van der Waals surface area (Å²) >= 11 is 0. The fourth-order valence-electron chi connectivity index (χ4n) is 5.71. The minimum absolute atomic E-state index is 0.0740. The highest BCUT2D eigenvalue weighted by atomic mass is 19.4. The van der Waals surface area contributed by atoms with E-state index in [1.165, 1.54) is 0 Å². The topological polar surface area (TPSA) is 71.1 Å². The zero-order valence-corrected chi connectivity index (χ0v) is 29.3. The second-order valence-corrected chi connectivity index (χ2v) is 11.8. The Morgan fingerprint density at radius 2 is 0.831 bits per heavy atom. The number of benzene rings is 4. The molecule has 0 bridgehead atoms. The number of carbonyl (C=O) groups is 2. The summed E-state index contributed by atoms with van der Waals surface area (Å²) in [7, 11) is 0.596. The minimum atomic E-state index is -5.85. The van der Waals surface area contributed by atoms with Crippen LogP contribution in [0.3, 0.4) is 0 Å². The van der Waals surface area contributed by atoms with Crippen LogP contribution in [-0.2, 0) is 39.7 Å². The van der Waals surface area contributed by atoms with Crippen molar-refractivity contribution in [1.82, 2.24) is 0 Å². The molecule has 22 heteroatoms. The predicted octanol–water partition coefficient (Wildman–Crippen LogP) is 10.1. The largest absolute Gasteiger partial charge is 0.454 e. The van der Waals surface area contributed by atoms with Gasteiger partial charge in [0.15, 0.2) is 52.6 Å². The van der Waals surface area contributed by atoms with Gasteiger partial charge in [-0.1, -0.05) is 66.7 Å². The molecule has 0 saturated heterocycles. The highest BCUT2D eigenvalue weighted by molar-refractivity contribution is 5.83. The first-order chi connectivity index (χ1) is 27.5. The van der Waals surface area contributed by atoms with Gasteiger partial charge in [0.05, 0.1) is 11.1 Å². The van der Waals surface area contributed by atoms with Crippen LogP contribution in [0, 0.1) is 58.2 Å². The van der Waals surface area contributed by atoms with E-state index in [1.54, 1.807) is 0 Å². The summed E-state index contributed by atoms with van der Waals surface area (Å²) in [6.07, 6.45) is -19.8. The fourth-order valence-corrected chi connectivity index (χ4v) is 5.71. The third-order valence-electron chi connectivity index (χ3n) is 8.58. The zero-order chi connectivity index (χ0) is 44.4. The number of ether oxygens (including phenoxy) is 4. The van der Waals surface area contributed by atoms with E-state index in [-0.39, 0.29) is 12.2 Å². The van der Waals surface area contributed by atoms with Gasteiger partial charge in [0, 0.05) is 31.8 Å². The molecule has 4 aromatic carbocycles. The highest BCUT2D eigenvalue weighted by Crippen LogP contribution is 2.46. The van der Waals surface area contributed by atoms with Crippen molar-refractivity contribution in [2.45, 2.75) is 42.2 Å². The van der Waals surface area contributed by atoms with Gasteiger partial charge in [-0.3, -0.25) is 0 Å². The highest BCUT2D eigenvalue weighted by Gasteiger charge is 2.65. The first-order valence-corrected chi connectivity index (χ1v) is 15.9. The molecule has 0 aromatic heterocycles. The van der Waals surface area contributed by atoms with Crippen molar-refractivity contribution in [3.63, 3.8) is 0 Å². The summed E-state index contributed by atoms with van der Waals surface area (Å²) in [5.41, 5.74) is -15.0. The van der Waals surface area contributed by atoms with Crippen molar-refractivity contribution in [2.75, 3.05) is 14.2 Å². The van der Waals surface area contributed by atoms with Crippen LogP contribution in [-0.4, -0.2) is 38.5 Å². The summed E-state index contributed by atoms with van der Waals surface area (Å²) in [5.74, 6) is -33.4. The number of rotatable bonds is 13. The van der Waals surface area contributed by atoms with Crippen molar-refractivity contribution in [3.05, 3.63) is 153 Å². The first kappa shape index (κ1) is 46.1. The fraction of sp³-hybridized carbons (Fsp3) is 0.243. The lowest BCUT2D eigenvalue weighted by atomic mass is 9.92. The zero-order valence-electron chi connectivity index (χ0n) is 29.3. The molecule has 4 atom stereocenters. The molecule has 0 radical (unpaired) electrons. The predicted molar refractivity (Wildman–Crippen MR) is 166 cm³/mol. The molecule has 0 amide bonds. The molecule has 4 aromatic rings. The van der Waals surface area contributed by atoms with Crippen LogP contribution in [0.1, 0.15) is 40.9 Å². The number of hydrogen-bond acceptors (Lipinski definition) is 6. The van der Waals surface area contributed by atoms with E-state index in [0.29, 0.717) is 38.5 Å². The van der Waals surface area contributed by atoms with Gasteiger partial charge >= 0.3 is 24.3 Å². The number of methoxy groups -OCH3 is 2. The van der Waals surface area contributed by atoms with Crippen LogP contribution in [0.4, 0.5) is 70.2 Å². The average molecular weight is 867 g/mol. The van der Waals surface area contributed by atoms with E-state index in [1.807, 2.05) is 0 Å². The summed E-state index contributed by atoms with van der Waals surface area (Å²) in [4.78, 5) is 26.8. The second-order valence-electron chi connectivity index (χ2n) is 11.8. The molecule has 4 rings (SSSR count). The van der Waals surface area contributed by atoms with Crippen LogP contribution in [0.2, 0.25) is 0 Å². The quantitative estimate of drug-likeness (QED) is 0.0438. The summed E-state index contributed by atoms with van der Waals surface area (Å²) in [5, 5.41) is 0. The van der Waals surface area contributed by atoms with Gasteiger partial charge < -0.3 is 18.9 Å². The molecule has 0 unspecified atom stereocenters. The summed E-state index contributed by atoms with van der Waals surface area (Å²) in [6, 6.07) is 8.67. The first-order valence-electron chi connectivity index (χ1n) is 15.9. The lowest BCUT2D eigenvalue weighted by Crippen LogP contribution is -2.52. The molecule has 0 saturated carbocycles. The molecule has 0 spiro atoms. The number of esters is 2. The van der Waals surface area contributed by atoms with Gasteiger partial charge in [0.1, 0.15) is 6.10 Å². The molecule has 0 heterocycles. The molecule has 318 valence electrons.